The standard InChI is InChI=1S/C16H19F3N4O2/c1-9-13-11(16(17,18)19)8-12(20-14(13)22(3)21-9)25-10(2)15(24)23-6-4-5-7-23/h8,10H,4-7H2,1-3H3. The summed E-state index contributed by atoms with van der Waals surface area (Å²) in [6.45, 7) is 4.31. The second kappa shape index (κ2) is 6.20. The van der Waals surface area contributed by atoms with Gasteiger partial charge in [-0.25, -0.2) is 0 Å². The number of fused-ring (bicyclic) bond motifs is 1. The van der Waals surface area contributed by atoms with E-state index in [1.54, 1.807) is 4.90 Å². The highest BCUT2D eigenvalue weighted by molar-refractivity contribution is 5.84. The zero-order valence-electron chi connectivity index (χ0n) is 14.2. The Labute approximate surface area is 142 Å². The molecule has 0 saturated carbocycles. The summed E-state index contributed by atoms with van der Waals surface area (Å²) >= 11 is 0. The Morgan fingerprint density at radius 2 is 1.96 bits per heavy atom. The zero-order valence-corrected chi connectivity index (χ0v) is 14.2. The number of pyridine rings is 1. The molecule has 0 spiro atoms. The molecule has 2 aromatic heterocycles. The average molecular weight is 356 g/mol. The van der Waals surface area contributed by atoms with Crippen molar-refractivity contribution in [1.29, 1.82) is 0 Å². The zero-order chi connectivity index (χ0) is 18.4. The second-order valence-electron chi connectivity index (χ2n) is 6.21. The van der Waals surface area contributed by atoms with Crippen LogP contribution in [-0.2, 0) is 18.0 Å². The number of amides is 1. The number of aryl methyl sites for hydroxylation is 2. The summed E-state index contributed by atoms with van der Waals surface area (Å²) in [5.41, 5.74) is -0.549. The Kier molecular flexibility index (Phi) is 4.34. The number of carbonyl (C=O) groups is 1. The van der Waals surface area contributed by atoms with Crippen LogP contribution in [0.3, 0.4) is 0 Å². The Morgan fingerprint density at radius 3 is 2.56 bits per heavy atom. The molecule has 0 N–H and O–H groups in total. The van der Waals surface area contributed by atoms with E-state index < -0.39 is 17.8 Å². The number of hydrogen-bond donors (Lipinski definition) is 0. The molecule has 1 aliphatic heterocycles. The fourth-order valence-electron chi connectivity index (χ4n) is 3.13. The topological polar surface area (TPSA) is 60.2 Å². The summed E-state index contributed by atoms with van der Waals surface area (Å²) in [6, 6.07) is 0.838. The van der Waals surface area contributed by atoms with Gasteiger partial charge in [0.05, 0.1) is 16.6 Å². The van der Waals surface area contributed by atoms with E-state index in [0.717, 1.165) is 18.9 Å². The highest BCUT2D eigenvalue weighted by atomic mass is 19.4. The second-order valence-corrected chi connectivity index (χ2v) is 6.21. The molecule has 1 saturated heterocycles. The normalized spacial score (nSPS) is 16.5. The van der Waals surface area contributed by atoms with Gasteiger partial charge in [0.25, 0.3) is 5.91 Å². The van der Waals surface area contributed by atoms with E-state index >= 15 is 0 Å². The average Bonchev–Trinajstić information content (AvgIpc) is 3.14. The Balaban J connectivity index is 1.96. The first-order chi connectivity index (χ1) is 11.7. The van der Waals surface area contributed by atoms with Crippen molar-refractivity contribution in [3.8, 4) is 5.88 Å². The van der Waals surface area contributed by atoms with Crippen LogP contribution in [0.5, 0.6) is 5.88 Å². The summed E-state index contributed by atoms with van der Waals surface area (Å²) in [6.07, 6.45) is -3.63. The van der Waals surface area contributed by atoms with Gasteiger partial charge in [-0.2, -0.15) is 23.3 Å². The number of carbonyl (C=O) groups excluding carboxylic acids is 1. The van der Waals surface area contributed by atoms with Gasteiger partial charge in [-0.15, -0.1) is 0 Å². The van der Waals surface area contributed by atoms with Crippen LogP contribution in [0, 0.1) is 6.92 Å². The lowest BCUT2D eigenvalue weighted by molar-refractivity contribution is -0.137. The lowest BCUT2D eigenvalue weighted by Gasteiger charge is -2.21. The van der Waals surface area contributed by atoms with Gasteiger partial charge in [-0.1, -0.05) is 0 Å². The predicted octanol–water partition coefficient (Wildman–Crippen LogP) is 2.69. The molecule has 9 heteroatoms. The summed E-state index contributed by atoms with van der Waals surface area (Å²) in [7, 11) is 1.52. The minimum absolute atomic E-state index is 0.0547. The van der Waals surface area contributed by atoms with Crippen LogP contribution in [0.1, 0.15) is 31.0 Å². The number of hydrogen-bond acceptors (Lipinski definition) is 4. The van der Waals surface area contributed by atoms with E-state index in [1.807, 2.05) is 0 Å². The van der Waals surface area contributed by atoms with E-state index in [0.29, 0.717) is 13.1 Å². The molecule has 0 radical (unpaired) electrons. The van der Waals surface area contributed by atoms with Gasteiger partial charge in [0.15, 0.2) is 11.8 Å². The highest BCUT2D eigenvalue weighted by Gasteiger charge is 2.36. The van der Waals surface area contributed by atoms with Gasteiger partial charge < -0.3 is 9.64 Å². The third kappa shape index (κ3) is 3.27. The first kappa shape index (κ1) is 17.5. The Morgan fingerprint density at radius 1 is 1.32 bits per heavy atom. The summed E-state index contributed by atoms with van der Waals surface area (Å²) in [5.74, 6) is -0.475. The predicted molar refractivity (Wildman–Crippen MR) is 84.2 cm³/mol. The van der Waals surface area contributed by atoms with Crippen LogP contribution < -0.4 is 4.74 Å². The molecule has 1 unspecified atom stereocenters. The van der Waals surface area contributed by atoms with Crippen molar-refractivity contribution >= 4 is 16.9 Å². The molecule has 0 bridgehead atoms. The van der Waals surface area contributed by atoms with E-state index in [-0.39, 0.29) is 28.5 Å². The maximum Gasteiger partial charge on any atom is 0.417 e. The van der Waals surface area contributed by atoms with Gasteiger partial charge in [-0.05, 0) is 26.7 Å². The van der Waals surface area contributed by atoms with Crippen LogP contribution in [0.2, 0.25) is 0 Å². The van der Waals surface area contributed by atoms with Gasteiger partial charge in [-0.3, -0.25) is 9.48 Å². The van der Waals surface area contributed by atoms with E-state index in [1.165, 1.54) is 25.6 Å². The minimum Gasteiger partial charge on any atom is -0.464 e. The molecule has 3 heterocycles. The van der Waals surface area contributed by atoms with Crippen LogP contribution in [0.4, 0.5) is 13.2 Å². The maximum absolute atomic E-state index is 13.4. The van der Waals surface area contributed by atoms with E-state index in [9.17, 15) is 18.0 Å². The van der Waals surface area contributed by atoms with Crippen molar-refractivity contribution in [3.63, 3.8) is 0 Å². The monoisotopic (exact) mass is 356 g/mol. The smallest absolute Gasteiger partial charge is 0.417 e. The fraction of sp³-hybridized carbons (Fsp3) is 0.562. The highest BCUT2D eigenvalue weighted by Crippen LogP contribution is 2.37. The van der Waals surface area contributed by atoms with Crippen molar-refractivity contribution < 1.29 is 22.7 Å². The number of nitrogens with zero attached hydrogens (tertiary/aromatic N) is 4. The number of halogens is 3. The van der Waals surface area contributed by atoms with Crippen LogP contribution in [0.25, 0.3) is 11.0 Å². The summed E-state index contributed by atoms with van der Waals surface area (Å²) in [4.78, 5) is 18.1. The molecule has 1 atom stereocenters. The molecule has 1 amide bonds. The summed E-state index contributed by atoms with van der Waals surface area (Å²) < 4.78 is 47.0. The molecule has 6 nitrogen and oxygen atoms in total. The maximum atomic E-state index is 13.4. The van der Waals surface area contributed by atoms with Crippen LogP contribution >= 0.6 is 0 Å². The quantitative estimate of drug-likeness (QED) is 0.848. The molecule has 1 aliphatic rings. The molecule has 0 aromatic carbocycles. The van der Waals surface area contributed by atoms with Crippen molar-refractivity contribution in [1.82, 2.24) is 19.7 Å². The fourth-order valence-corrected chi connectivity index (χ4v) is 3.13. The first-order valence-electron chi connectivity index (χ1n) is 8.05. The first-order valence-corrected chi connectivity index (χ1v) is 8.05. The third-order valence-corrected chi connectivity index (χ3v) is 4.31. The SMILES string of the molecule is Cc1nn(C)c2nc(OC(C)C(=O)N3CCCC3)cc(C(F)(F)F)c12. The van der Waals surface area contributed by atoms with Crippen molar-refractivity contribution in [2.24, 2.45) is 7.05 Å². The van der Waals surface area contributed by atoms with Crippen molar-refractivity contribution in [2.75, 3.05) is 13.1 Å². The lowest BCUT2D eigenvalue weighted by atomic mass is 10.1. The van der Waals surface area contributed by atoms with Gasteiger partial charge in [0.2, 0.25) is 5.88 Å². The summed E-state index contributed by atoms with van der Waals surface area (Å²) in [5, 5.41) is 3.95. The van der Waals surface area contributed by atoms with Crippen LogP contribution in [-0.4, -0.2) is 44.8 Å². The number of ether oxygens (including phenoxy) is 1. The van der Waals surface area contributed by atoms with Crippen LogP contribution in [0.15, 0.2) is 6.07 Å². The van der Waals surface area contributed by atoms with E-state index in [2.05, 4.69) is 10.1 Å². The van der Waals surface area contributed by atoms with Crippen molar-refractivity contribution in [3.05, 3.63) is 17.3 Å². The molecular weight excluding hydrogens is 337 g/mol. The molecule has 1 fully saturated rings. The largest absolute Gasteiger partial charge is 0.464 e. The van der Waals surface area contributed by atoms with E-state index in [4.69, 9.17) is 4.74 Å². The number of alkyl halides is 3. The molecule has 25 heavy (non-hydrogen) atoms. The minimum atomic E-state index is -4.57. The van der Waals surface area contributed by atoms with Crippen molar-refractivity contribution in [2.45, 2.75) is 39.0 Å². The number of aromatic nitrogens is 3. The van der Waals surface area contributed by atoms with Gasteiger partial charge >= 0.3 is 6.18 Å². The number of likely N-dealkylation sites (tertiary alicyclic amines) is 1. The number of rotatable bonds is 3. The van der Waals surface area contributed by atoms with Gasteiger partial charge in [0, 0.05) is 26.2 Å². The molecular formula is C16H19F3N4O2. The molecule has 2 aromatic rings. The lowest BCUT2D eigenvalue weighted by Crippen LogP contribution is -2.38. The Bertz CT molecular complexity index is 810. The third-order valence-electron chi connectivity index (χ3n) is 4.31. The van der Waals surface area contributed by atoms with Gasteiger partial charge in [0.1, 0.15) is 0 Å². The molecule has 3 rings (SSSR count). The molecule has 136 valence electrons. The Hall–Kier alpha value is -2.32. The molecule has 0 aliphatic carbocycles.